The molecular formula is C44H52N12O16. The molecule has 5 rings (SSSR count). The Morgan fingerprint density at radius 2 is 0.542 bits per heavy atom. The standard InChI is InChI=1S/C44H52N12O16/c57-41(45-33-9-1-5-13-37(33)53(61)62)69-29-25-49-17-19-50(26-30-70-42(58)46-34-10-2-6-14-38(34)54(63)64)21-23-52(28-32-72-44(60)48-36-12-4-8-16-40(36)56(67)68)24-22-51(20-18-49)27-31-71-43(59)47-35-11-3-7-15-39(35)55(65)66/h1-16H,17-32H2,(H,45,57)(H,46,58)(H,47,59)(H,48,60). The lowest BCUT2D eigenvalue weighted by Gasteiger charge is -2.34. The van der Waals surface area contributed by atoms with Crippen LogP contribution in [-0.2, 0) is 18.9 Å². The molecule has 0 spiro atoms. The highest BCUT2D eigenvalue weighted by atomic mass is 16.6. The summed E-state index contributed by atoms with van der Waals surface area (Å²) < 4.78 is 21.7. The monoisotopic (exact) mass is 1000 g/mol. The van der Waals surface area contributed by atoms with E-state index in [4.69, 9.17) is 18.9 Å². The van der Waals surface area contributed by atoms with E-state index in [9.17, 15) is 59.6 Å². The lowest BCUT2D eigenvalue weighted by Crippen LogP contribution is -2.48. The molecule has 4 N–H and O–H groups in total. The van der Waals surface area contributed by atoms with Gasteiger partial charge in [0.25, 0.3) is 22.7 Å². The van der Waals surface area contributed by atoms with Crippen molar-refractivity contribution in [3.8, 4) is 0 Å². The quantitative estimate of drug-likeness (QED) is 0.0459. The molecule has 0 atom stereocenters. The van der Waals surface area contributed by atoms with E-state index in [1.165, 1.54) is 97.1 Å². The third-order valence-electron chi connectivity index (χ3n) is 10.8. The third-order valence-corrected chi connectivity index (χ3v) is 10.8. The summed E-state index contributed by atoms with van der Waals surface area (Å²) in [6.45, 7) is 3.25. The van der Waals surface area contributed by atoms with E-state index >= 15 is 0 Å². The third kappa shape index (κ3) is 18.0. The Morgan fingerprint density at radius 3 is 0.722 bits per heavy atom. The Kier molecular flexibility index (Phi) is 21.3. The molecule has 4 amide bonds. The number of hydrogen-bond acceptors (Lipinski definition) is 20. The van der Waals surface area contributed by atoms with Crippen molar-refractivity contribution in [2.75, 3.05) is 126 Å². The molecule has 0 aromatic heterocycles. The molecule has 1 saturated heterocycles. The van der Waals surface area contributed by atoms with Gasteiger partial charge in [0.2, 0.25) is 0 Å². The number of nitro groups is 4. The minimum atomic E-state index is -0.919. The van der Waals surface area contributed by atoms with Crippen molar-refractivity contribution in [1.82, 2.24) is 19.6 Å². The van der Waals surface area contributed by atoms with Gasteiger partial charge in [-0.15, -0.1) is 0 Å². The second-order valence-electron chi connectivity index (χ2n) is 15.5. The van der Waals surface area contributed by atoms with E-state index < -0.39 is 44.1 Å². The predicted octanol–water partition coefficient (Wildman–Crippen LogP) is 5.84. The molecular weight excluding hydrogens is 953 g/mol. The first-order valence-electron chi connectivity index (χ1n) is 22.2. The minimum absolute atomic E-state index is 0.0526. The second kappa shape index (κ2) is 28.2. The van der Waals surface area contributed by atoms with Crippen molar-refractivity contribution in [1.29, 1.82) is 0 Å². The number of hydrogen-bond donors (Lipinski definition) is 4. The van der Waals surface area contributed by atoms with E-state index in [0.717, 1.165) is 0 Å². The fraction of sp³-hybridized carbons (Fsp3) is 0.364. The average Bonchev–Trinajstić information content (AvgIpc) is 3.34. The van der Waals surface area contributed by atoms with Crippen LogP contribution in [0, 0.1) is 40.5 Å². The fourth-order valence-corrected chi connectivity index (χ4v) is 7.08. The van der Waals surface area contributed by atoms with Crippen LogP contribution in [0.4, 0.5) is 64.7 Å². The number of carbonyl (C=O) groups is 4. The van der Waals surface area contributed by atoms with Crippen LogP contribution in [0.5, 0.6) is 0 Å². The molecule has 0 radical (unpaired) electrons. The number of rotatable bonds is 20. The molecule has 384 valence electrons. The molecule has 1 aliphatic rings. The van der Waals surface area contributed by atoms with Crippen LogP contribution in [0.25, 0.3) is 0 Å². The zero-order chi connectivity index (χ0) is 51.8. The number of benzene rings is 4. The van der Waals surface area contributed by atoms with Crippen molar-refractivity contribution in [2.45, 2.75) is 0 Å². The Hall–Kier alpha value is -8.60. The molecule has 1 aliphatic heterocycles. The smallest absolute Gasteiger partial charge is 0.411 e. The van der Waals surface area contributed by atoms with Gasteiger partial charge in [-0.25, -0.2) is 19.2 Å². The molecule has 1 fully saturated rings. The summed E-state index contributed by atoms with van der Waals surface area (Å²) in [5.41, 5.74) is -1.50. The maximum Gasteiger partial charge on any atom is 0.411 e. The van der Waals surface area contributed by atoms with E-state index in [0.29, 0.717) is 52.4 Å². The number of ether oxygens (including phenoxy) is 4. The number of nitro benzene ring substituents is 4. The molecule has 0 aliphatic carbocycles. The molecule has 28 heteroatoms. The molecule has 4 aromatic rings. The summed E-state index contributed by atoms with van der Waals surface area (Å²) in [6.07, 6.45) is -3.68. The molecule has 0 bridgehead atoms. The number of anilines is 4. The lowest BCUT2D eigenvalue weighted by molar-refractivity contribution is -0.384. The highest BCUT2D eigenvalue weighted by molar-refractivity contribution is 5.89. The van der Waals surface area contributed by atoms with Gasteiger partial charge in [-0.2, -0.15) is 0 Å². The maximum atomic E-state index is 12.8. The minimum Gasteiger partial charge on any atom is -0.448 e. The first-order valence-corrected chi connectivity index (χ1v) is 22.2. The van der Waals surface area contributed by atoms with Gasteiger partial charge in [0.15, 0.2) is 0 Å². The number of amides is 4. The summed E-state index contributed by atoms with van der Waals surface area (Å²) >= 11 is 0. The first-order chi connectivity index (χ1) is 34.7. The molecule has 0 saturated carbocycles. The maximum absolute atomic E-state index is 12.8. The second-order valence-corrected chi connectivity index (χ2v) is 15.5. The summed E-state index contributed by atoms with van der Waals surface area (Å²) in [7, 11) is 0. The number of para-hydroxylation sites is 8. The molecule has 0 unspecified atom stereocenters. The molecule has 72 heavy (non-hydrogen) atoms. The van der Waals surface area contributed by atoms with Crippen LogP contribution in [0.2, 0.25) is 0 Å². The van der Waals surface area contributed by atoms with Crippen molar-refractivity contribution in [3.05, 3.63) is 138 Å². The van der Waals surface area contributed by atoms with Gasteiger partial charge >= 0.3 is 24.4 Å². The Labute approximate surface area is 410 Å². The van der Waals surface area contributed by atoms with Crippen molar-refractivity contribution in [2.24, 2.45) is 0 Å². The number of nitrogens with zero attached hydrogens (tertiary/aromatic N) is 8. The lowest BCUT2D eigenvalue weighted by atomic mass is 10.3. The molecule has 1 heterocycles. The van der Waals surface area contributed by atoms with Crippen LogP contribution in [0.1, 0.15) is 0 Å². The van der Waals surface area contributed by atoms with Crippen LogP contribution in [0.3, 0.4) is 0 Å². The highest BCUT2D eigenvalue weighted by Crippen LogP contribution is 2.26. The van der Waals surface area contributed by atoms with Crippen LogP contribution < -0.4 is 21.3 Å². The Morgan fingerprint density at radius 1 is 0.361 bits per heavy atom. The van der Waals surface area contributed by atoms with Crippen molar-refractivity contribution >= 4 is 69.9 Å². The van der Waals surface area contributed by atoms with Gasteiger partial charge in [0.05, 0.1) is 19.7 Å². The summed E-state index contributed by atoms with van der Waals surface area (Å²) in [5, 5.41) is 55.5. The summed E-state index contributed by atoms with van der Waals surface area (Å²) in [5.74, 6) is 0. The number of nitrogens with one attached hydrogen (secondary N) is 4. The van der Waals surface area contributed by atoms with Gasteiger partial charge in [0, 0.05) is 103 Å². The van der Waals surface area contributed by atoms with Crippen molar-refractivity contribution in [3.63, 3.8) is 0 Å². The Balaban J connectivity index is 1.27. The van der Waals surface area contributed by atoms with Gasteiger partial charge in [-0.05, 0) is 24.3 Å². The average molecular weight is 1000 g/mol. The van der Waals surface area contributed by atoms with Gasteiger partial charge in [0.1, 0.15) is 49.2 Å². The summed E-state index contributed by atoms with van der Waals surface area (Å²) in [4.78, 5) is 102. The Bertz CT molecular complexity index is 2180. The molecule has 4 aromatic carbocycles. The fourth-order valence-electron chi connectivity index (χ4n) is 7.08. The van der Waals surface area contributed by atoms with Crippen LogP contribution in [-0.4, -0.2) is 169 Å². The number of carbonyl (C=O) groups excluding carboxylic acids is 4. The topological polar surface area (TPSA) is 339 Å². The zero-order valence-electron chi connectivity index (χ0n) is 38.7. The predicted molar refractivity (Wildman–Crippen MR) is 258 cm³/mol. The summed E-state index contributed by atoms with van der Waals surface area (Å²) in [6, 6.07) is 22.3. The van der Waals surface area contributed by atoms with Crippen LogP contribution >= 0.6 is 0 Å². The largest absolute Gasteiger partial charge is 0.448 e. The molecule has 28 nitrogen and oxygen atoms in total. The normalized spacial score (nSPS) is 14.0. The van der Waals surface area contributed by atoms with Crippen molar-refractivity contribution < 1.29 is 57.8 Å². The SMILES string of the molecule is O=C(Nc1ccccc1[N+](=O)[O-])OCCN1CCN(CCOC(=O)Nc2ccccc2[N+](=O)[O-])CCN(CCOC(=O)Nc2ccccc2[N+](=O)[O-])CCN(CCOC(=O)Nc2ccccc2[N+](=O)[O-])CC1. The van der Waals surface area contributed by atoms with Gasteiger partial charge in [-0.3, -0.25) is 81.3 Å². The van der Waals surface area contributed by atoms with E-state index in [1.807, 2.05) is 19.6 Å². The van der Waals surface area contributed by atoms with E-state index in [1.54, 1.807) is 0 Å². The van der Waals surface area contributed by atoms with E-state index in [2.05, 4.69) is 21.3 Å². The van der Waals surface area contributed by atoms with Crippen LogP contribution in [0.15, 0.2) is 97.1 Å². The first kappa shape index (κ1) is 54.3. The van der Waals surface area contributed by atoms with E-state index in [-0.39, 0.29) is 98.1 Å². The zero-order valence-corrected chi connectivity index (χ0v) is 38.7. The van der Waals surface area contributed by atoms with Gasteiger partial charge in [-0.1, -0.05) is 48.5 Å². The highest BCUT2D eigenvalue weighted by Gasteiger charge is 2.22. The van der Waals surface area contributed by atoms with Gasteiger partial charge < -0.3 is 18.9 Å².